The first-order chi connectivity index (χ1) is 4.30. The monoisotopic (exact) mass is 152 g/mol. The second-order valence-electron chi connectivity index (χ2n) is 2.95. The molecule has 1 rings (SSSR count). The van der Waals surface area contributed by atoms with Gasteiger partial charge < -0.3 is 2.85 Å². The van der Waals surface area contributed by atoms with Crippen LogP contribution < -0.4 is 0 Å². The van der Waals surface area contributed by atoms with Crippen LogP contribution in [0, 0.1) is 5.92 Å². The van der Waals surface area contributed by atoms with E-state index in [0.717, 1.165) is 12.8 Å². The van der Waals surface area contributed by atoms with Gasteiger partial charge in [-0.3, -0.25) is 4.79 Å². The van der Waals surface area contributed by atoms with Gasteiger partial charge in [0.1, 0.15) is 5.78 Å². The van der Waals surface area contributed by atoms with E-state index in [-0.39, 0.29) is 25.9 Å². The van der Waals surface area contributed by atoms with E-state index in [1.807, 2.05) is 0 Å². The van der Waals surface area contributed by atoms with Crippen LogP contribution >= 0.6 is 0 Å². The molecule has 0 amide bonds. The fourth-order valence-corrected chi connectivity index (χ4v) is 1.51. The minimum absolute atomic E-state index is 0. The molecule has 0 N–H and O–H groups in total. The van der Waals surface area contributed by atoms with Gasteiger partial charge in [-0.25, -0.2) is 0 Å². The Hall–Kier alpha value is 0.436. The number of hydrogen-bond donors (Lipinski definition) is 0. The summed E-state index contributed by atoms with van der Waals surface area (Å²) in [5, 5.41) is 0. The summed E-state index contributed by atoms with van der Waals surface area (Å²) in [6.07, 6.45) is 6.17. The Bertz CT molecular complexity index is 114. The third-order valence-electron chi connectivity index (χ3n) is 2.18. The molecule has 0 aliphatic heterocycles. The molecule has 0 spiro atoms. The van der Waals surface area contributed by atoms with Gasteiger partial charge in [0.15, 0.2) is 0 Å². The van der Waals surface area contributed by atoms with E-state index in [0.29, 0.717) is 11.7 Å². The van der Waals surface area contributed by atoms with Crippen molar-refractivity contribution in [3.63, 3.8) is 0 Å². The Balaban J connectivity index is -0.000000270. The van der Waals surface area contributed by atoms with Crippen LogP contribution in [0.1, 0.15) is 41.9 Å². The first-order valence-electron chi connectivity index (χ1n) is 3.81. The Morgan fingerprint density at radius 1 is 1.30 bits per heavy atom. The minimum Gasteiger partial charge on any atom is -1.00 e. The van der Waals surface area contributed by atoms with Gasteiger partial charge in [0.05, 0.1) is 0 Å². The van der Waals surface area contributed by atoms with Crippen LogP contribution in [0.5, 0.6) is 0 Å². The van der Waals surface area contributed by atoms with E-state index in [1.165, 1.54) is 19.3 Å². The first-order valence-corrected chi connectivity index (χ1v) is 3.81. The normalized spacial score (nSPS) is 19.7. The van der Waals surface area contributed by atoms with E-state index in [9.17, 15) is 4.79 Å². The zero-order valence-corrected chi connectivity index (χ0v) is 8.14. The number of rotatable bonds is 1. The Kier molecular flexibility index (Phi) is 5.36. The average molecular weight is 153 g/mol. The number of ketones is 1. The number of carbonyl (C=O) groups excluding carboxylic acids is 1. The molecule has 1 fully saturated rings. The quantitative estimate of drug-likeness (QED) is 0.526. The second kappa shape index (κ2) is 5.13. The topological polar surface area (TPSA) is 17.1 Å². The molecule has 0 bridgehead atoms. The largest absolute Gasteiger partial charge is 2.00 e. The number of carbonyl (C=O) groups is 1. The molecule has 0 aromatic rings. The smallest absolute Gasteiger partial charge is 1.00 e. The standard InChI is InChI=1S/C8H14O.Mg.2H/c1-7(9)8-5-3-2-4-6-8;;;/h8H,2-6H2,1H3;;;/q;+2;2*-1. The van der Waals surface area contributed by atoms with Gasteiger partial charge in [0.2, 0.25) is 0 Å². The van der Waals surface area contributed by atoms with E-state index in [1.54, 1.807) is 6.92 Å². The van der Waals surface area contributed by atoms with Gasteiger partial charge in [-0.05, 0) is 19.8 Å². The maximum atomic E-state index is 10.8. The van der Waals surface area contributed by atoms with Crippen molar-refractivity contribution < 1.29 is 7.65 Å². The maximum Gasteiger partial charge on any atom is 2.00 e. The van der Waals surface area contributed by atoms with Crippen LogP contribution in [0.4, 0.5) is 0 Å². The third-order valence-corrected chi connectivity index (χ3v) is 2.18. The first kappa shape index (κ1) is 10.4. The van der Waals surface area contributed by atoms with Crippen LogP contribution in [0.15, 0.2) is 0 Å². The molecule has 1 nitrogen and oxygen atoms in total. The molecule has 0 atom stereocenters. The summed E-state index contributed by atoms with van der Waals surface area (Å²) < 4.78 is 0. The Labute approximate surface area is 81.7 Å². The average Bonchev–Trinajstić information content (AvgIpc) is 1.90. The van der Waals surface area contributed by atoms with Gasteiger partial charge in [0.25, 0.3) is 0 Å². The summed E-state index contributed by atoms with van der Waals surface area (Å²) in [5.74, 6) is 0.813. The summed E-state index contributed by atoms with van der Waals surface area (Å²) in [7, 11) is 0. The molecular weight excluding hydrogens is 136 g/mol. The van der Waals surface area contributed by atoms with Crippen LogP contribution in [0.2, 0.25) is 0 Å². The summed E-state index contributed by atoms with van der Waals surface area (Å²) >= 11 is 0. The van der Waals surface area contributed by atoms with E-state index in [4.69, 9.17) is 0 Å². The van der Waals surface area contributed by atoms with Crippen LogP contribution in [-0.2, 0) is 4.79 Å². The summed E-state index contributed by atoms with van der Waals surface area (Å²) in [4.78, 5) is 10.8. The van der Waals surface area contributed by atoms with E-state index >= 15 is 0 Å². The molecular formula is C8H16MgO. The van der Waals surface area contributed by atoms with Crippen LogP contribution in [0.3, 0.4) is 0 Å². The molecule has 10 heavy (non-hydrogen) atoms. The zero-order chi connectivity index (χ0) is 6.69. The molecule has 56 valence electrons. The molecule has 0 aromatic heterocycles. The van der Waals surface area contributed by atoms with Gasteiger partial charge in [-0.1, -0.05) is 19.3 Å². The molecule has 1 saturated carbocycles. The van der Waals surface area contributed by atoms with Crippen molar-refractivity contribution in [2.75, 3.05) is 0 Å². The molecule has 2 heteroatoms. The SMILES string of the molecule is CC(=O)C1CCCCC1.[H-].[H-].[Mg+2]. The third kappa shape index (κ3) is 3.02. The van der Waals surface area contributed by atoms with Crippen molar-refractivity contribution in [3.05, 3.63) is 0 Å². The maximum absolute atomic E-state index is 10.8. The summed E-state index contributed by atoms with van der Waals surface area (Å²) in [6, 6.07) is 0. The molecule has 0 radical (unpaired) electrons. The van der Waals surface area contributed by atoms with Gasteiger partial charge in [-0.2, -0.15) is 0 Å². The fraction of sp³-hybridized carbons (Fsp3) is 0.875. The second-order valence-corrected chi connectivity index (χ2v) is 2.95. The van der Waals surface area contributed by atoms with E-state index < -0.39 is 0 Å². The van der Waals surface area contributed by atoms with Crippen molar-refractivity contribution in [1.29, 1.82) is 0 Å². The number of Topliss-reactive ketones (excluding diaryl/α,β-unsaturated/α-hetero) is 1. The van der Waals surface area contributed by atoms with Crippen molar-refractivity contribution in [3.8, 4) is 0 Å². The minimum atomic E-state index is 0. The fourth-order valence-electron chi connectivity index (χ4n) is 1.51. The van der Waals surface area contributed by atoms with E-state index in [2.05, 4.69) is 0 Å². The predicted octanol–water partition coefficient (Wildman–Crippen LogP) is 2.00. The predicted molar refractivity (Wildman–Crippen MR) is 45.2 cm³/mol. The Morgan fingerprint density at radius 3 is 2.10 bits per heavy atom. The van der Waals surface area contributed by atoms with Crippen molar-refractivity contribution in [2.24, 2.45) is 5.92 Å². The molecule has 1 aliphatic carbocycles. The van der Waals surface area contributed by atoms with Crippen LogP contribution in [-0.4, -0.2) is 28.8 Å². The molecule has 0 saturated heterocycles. The molecule has 0 heterocycles. The van der Waals surface area contributed by atoms with Crippen LogP contribution in [0.25, 0.3) is 0 Å². The van der Waals surface area contributed by atoms with Gasteiger partial charge >= 0.3 is 23.1 Å². The van der Waals surface area contributed by atoms with Crippen molar-refractivity contribution in [2.45, 2.75) is 39.0 Å². The van der Waals surface area contributed by atoms with Crippen molar-refractivity contribution >= 4 is 28.8 Å². The molecule has 0 unspecified atom stereocenters. The van der Waals surface area contributed by atoms with Gasteiger partial charge in [-0.15, -0.1) is 0 Å². The van der Waals surface area contributed by atoms with Gasteiger partial charge in [0, 0.05) is 5.92 Å². The Morgan fingerprint density at radius 2 is 1.80 bits per heavy atom. The summed E-state index contributed by atoms with van der Waals surface area (Å²) in [5.41, 5.74) is 0. The van der Waals surface area contributed by atoms with Crippen molar-refractivity contribution in [1.82, 2.24) is 0 Å². The summed E-state index contributed by atoms with van der Waals surface area (Å²) in [6.45, 7) is 1.72. The molecule has 1 aliphatic rings. The zero-order valence-electron chi connectivity index (χ0n) is 8.73. The molecule has 0 aromatic carbocycles. The number of hydrogen-bond acceptors (Lipinski definition) is 1.